The quantitative estimate of drug-likeness (QED) is 0.390. The lowest BCUT2D eigenvalue weighted by Gasteiger charge is -2.04. The second-order valence-corrected chi connectivity index (χ2v) is 3.09. The fourth-order valence-electron chi connectivity index (χ4n) is 0.478. The minimum absolute atomic E-state index is 0.183. The first-order valence-electron chi connectivity index (χ1n) is 3.02. The van der Waals surface area contributed by atoms with Gasteiger partial charge < -0.3 is 9.47 Å². The van der Waals surface area contributed by atoms with E-state index in [1.165, 1.54) is 0 Å². The highest BCUT2D eigenvalue weighted by molar-refractivity contribution is 9.09. The van der Waals surface area contributed by atoms with E-state index in [1.807, 2.05) is 6.92 Å². The zero-order valence-electron chi connectivity index (χ0n) is 5.72. The Bertz CT molecular complexity index is 142. The number of carbonyl (C=O) groups is 1. The number of hydrogen-bond acceptors (Lipinski definition) is 3. The van der Waals surface area contributed by atoms with E-state index in [0.717, 1.165) is 0 Å². The van der Waals surface area contributed by atoms with Crippen LogP contribution in [-0.2, 0) is 14.3 Å². The number of esters is 1. The summed E-state index contributed by atoms with van der Waals surface area (Å²) in [6, 6.07) is 0. The molecule has 0 aliphatic carbocycles. The molecule has 0 N–H and O–H groups in total. The van der Waals surface area contributed by atoms with Gasteiger partial charge in [0.15, 0.2) is 0 Å². The lowest BCUT2D eigenvalue weighted by Crippen LogP contribution is -2.18. The Morgan fingerprint density at radius 3 is 2.90 bits per heavy atom. The van der Waals surface area contributed by atoms with Crippen LogP contribution in [0.3, 0.4) is 0 Å². The summed E-state index contributed by atoms with van der Waals surface area (Å²) in [6.45, 7) is 2.98. The molecule has 1 unspecified atom stereocenters. The van der Waals surface area contributed by atoms with Gasteiger partial charge in [-0.1, -0.05) is 15.9 Å². The molecule has 1 heterocycles. The van der Waals surface area contributed by atoms with E-state index in [0.29, 0.717) is 13.2 Å². The second kappa shape index (κ2) is 2.88. The first kappa shape index (κ1) is 8.01. The molecule has 0 bridgehead atoms. The van der Waals surface area contributed by atoms with Crippen LogP contribution in [0.25, 0.3) is 0 Å². The molecule has 1 aliphatic rings. The number of alkyl halides is 1. The van der Waals surface area contributed by atoms with E-state index in [1.54, 1.807) is 0 Å². The molecule has 0 radical (unpaired) electrons. The Balaban J connectivity index is 2.10. The summed E-state index contributed by atoms with van der Waals surface area (Å²) < 4.78 is 9.81. The van der Waals surface area contributed by atoms with Crippen molar-refractivity contribution in [1.29, 1.82) is 0 Å². The van der Waals surface area contributed by atoms with Crippen LogP contribution in [0.5, 0.6) is 0 Å². The predicted octanol–water partition coefficient (Wildman–Crippen LogP) is 0.713. The minimum Gasteiger partial charge on any atom is -0.462 e. The van der Waals surface area contributed by atoms with E-state index in [9.17, 15) is 4.79 Å². The van der Waals surface area contributed by atoms with Gasteiger partial charge in [-0.05, 0) is 6.92 Å². The smallest absolute Gasteiger partial charge is 0.316 e. The maximum absolute atomic E-state index is 10.6. The molecule has 0 aromatic rings. The van der Waals surface area contributed by atoms with Gasteiger partial charge in [0.1, 0.15) is 17.5 Å². The highest BCUT2D eigenvalue weighted by Crippen LogP contribution is 2.25. The van der Waals surface area contributed by atoms with E-state index in [-0.39, 0.29) is 16.9 Å². The van der Waals surface area contributed by atoms with Crippen LogP contribution in [0.2, 0.25) is 0 Å². The highest BCUT2D eigenvalue weighted by atomic mass is 79.9. The molecule has 3 nitrogen and oxygen atoms in total. The summed E-state index contributed by atoms with van der Waals surface area (Å²) in [6.07, 6.45) is 0. The Labute approximate surface area is 67.8 Å². The Morgan fingerprint density at radius 1 is 1.90 bits per heavy atom. The molecule has 0 spiro atoms. The van der Waals surface area contributed by atoms with Crippen LogP contribution in [0, 0.1) is 0 Å². The number of rotatable bonds is 3. The Morgan fingerprint density at radius 2 is 2.50 bits per heavy atom. The van der Waals surface area contributed by atoms with Gasteiger partial charge in [-0.2, -0.15) is 0 Å². The van der Waals surface area contributed by atoms with Crippen LogP contribution < -0.4 is 0 Å². The SMILES string of the molecule is CC1(COC(=O)CBr)CO1. The topological polar surface area (TPSA) is 38.8 Å². The van der Waals surface area contributed by atoms with Crippen molar-refractivity contribution >= 4 is 21.9 Å². The minimum atomic E-state index is -0.239. The second-order valence-electron chi connectivity index (χ2n) is 2.53. The first-order valence-corrected chi connectivity index (χ1v) is 4.14. The van der Waals surface area contributed by atoms with Gasteiger partial charge in [-0.3, -0.25) is 4.79 Å². The number of carbonyl (C=O) groups excluding carboxylic acids is 1. The monoisotopic (exact) mass is 208 g/mol. The number of epoxide rings is 1. The van der Waals surface area contributed by atoms with Crippen LogP contribution in [-0.4, -0.2) is 30.1 Å². The van der Waals surface area contributed by atoms with Crippen LogP contribution >= 0.6 is 15.9 Å². The van der Waals surface area contributed by atoms with Gasteiger partial charge in [-0.25, -0.2) is 0 Å². The fourth-order valence-corrected chi connectivity index (χ4v) is 0.640. The molecule has 1 saturated heterocycles. The van der Waals surface area contributed by atoms with Crippen molar-refractivity contribution in [2.75, 3.05) is 18.5 Å². The van der Waals surface area contributed by atoms with Crippen molar-refractivity contribution in [2.45, 2.75) is 12.5 Å². The molecule has 0 saturated carbocycles. The van der Waals surface area contributed by atoms with Crippen LogP contribution in [0.1, 0.15) is 6.92 Å². The Hall–Kier alpha value is -0.0900. The largest absolute Gasteiger partial charge is 0.462 e. The third-order valence-corrected chi connectivity index (χ3v) is 1.74. The van der Waals surface area contributed by atoms with Crippen LogP contribution in [0.15, 0.2) is 0 Å². The van der Waals surface area contributed by atoms with Crippen molar-refractivity contribution in [3.63, 3.8) is 0 Å². The molecule has 1 aliphatic heterocycles. The maximum Gasteiger partial charge on any atom is 0.316 e. The first-order chi connectivity index (χ1) is 4.66. The molecule has 0 aromatic carbocycles. The fraction of sp³-hybridized carbons (Fsp3) is 0.833. The van der Waals surface area contributed by atoms with Crippen molar-refractivity contribution in [1.82, 2.24) is 0 Å². The third kappa shape index (κ3) is 2.27. The third-order valence-electron chi connectivity index (χ3n) is 1.28. The lowest BCUT2D eigenvalue weighted by molar-refractivity contribution is -0.141. The summed E-state index contributed by atoms with van der Waals surface area (Å²) in [5.74, 6) is -0.239. The van der Waals surface area contributed by atoms with Crippen molar-refractivity contribution in [3.05, 3.63) is 0 Å². The molecular weight excluding hydrogens is 200 g/mol. The molecule has 4 heteroatoms. The van der Waals surface area contributed by atoms with E-state index in [4.69, 9.17) is 9.47 Å². The van der Waals surface area contributed by atoms with E-state index in [2.05, 4.69) is 15.9 Å². The average molecular weight is 209 g/mol. The molecule has 58 valence electrons. The van der Waals surface area contributed by atoms with Gasteiger partial charge in [0.05, 0.1) is 6.61 Å². The van der Waals surface area contributed by atoms with Crippen molar-refractivity contribution in [3.8, 4) is 0 Å². The molecule has 1 rings (SSSR count). The molecule has 0 amide bonds. The summed E-state index contributed by atoms with van der Waals surface area (Å²) in [5, 5.41) is 0.253. The number of ether oxygens (including phenoxy) is 2. The van der Waals surface area contributed by atoms with Gasteiger partial charge in [-0.15, -0.1) is 0 Å². The summed E-state index contributed by atoms with van der Waals surface area (Å²) in [4.78, 5) is 10.6. The van der Waals surface area contributed by atoms with E-state index >= 15 is 0 Å². The summed E-state index contributed by atoms with van der Waals surface area (Å²) in [7, 11) is 0. The van der Waals surface area contributed by atoms with Gasteiger partial charge in [0.25, 0.3) is 0 Å². The lowest BCUT2D eigenvalue weighted by atomic mass is 10.2. The van der Waals surface area contributed by atoms with Gasteiger partial charge in [0, 0.05) is 0 Å². The van der Waals surface area contributed by atoms with Gasteiger partial charge >= 0.3 is 5.97 Å². The normalized spacial score (nSPS) is 29.8. The van der Waals surface area contributed by atoms with Crippen LogP contribution in [0.4, 0.5) is 0 Å². The average Bonchev–Trinajstić information content (AvgIpc) is 2.64. The zero-order chi connectivity index (χ0) is 7.61. The standard InChI is InChI=1S/C6H9BrO3/c1-6(4-10-6)3-9-5(8)2-7/h2-4H2,1H3. The summed E-state index contributed by atoms with van der Waals surface area (Å²) >= 11 is 2.99. The molecule has 10 heavy (non-hydrogen) atoms. The van der Waals surface area contributed by atoms with Gasteiger partial charge in [0.2, 0.25) is 0 Å². The van der Waals surface area contributed by atoms with E-state index < -0.39 is 0 Å². The zero-order valence-corrected chi connectivity index (χ0v) is 7.31. The predicted molar refractivity (Wildman–Crippen MR) is 39.1 cm³/mol. The highest BCUT2D eigenvalue weighted by Gasteiger charge is 2.40. The summed E-state index contributed by atoms with van der Waals surface area (Å²) in [5.41, 5.74) is -0.183. The molecule has 0 aromatic heterocycles. The van der Waals surface area contributed by atoms with Crippen molar-refractivity contribution < 1.29 is 14.3 Å². The molecule has 1 atom stereocenters. The Kier molecular flexibility index (Phi) is 2.31. The number of halogens is 1. The molecular formula is C6H9BrO3. The molecule has 1 fully saturated rings. The number of hydrogen-bond donors (Lipinski definition) is 0. The maximum atomic E-state index is 10.6. The van der Waals surface area contributed by atoms with Crippen molar-refractivity contribution in [2.24, 2.45) is 0 Å².